The molecule has 134 valence electrons. The lowest BCUT2D eigenvalue weighted by molar-refractivity contribution is -0.125. The number of amides is 2. The number of rotatable bonds is 1. The number of hydrogen-bond donors (Lipinski definition) is 2. The van der Waals surface area contributed by atoms with Crippen molar-refractivity contribution < 1.29 is 9.59 Å². The van der Waals surface area contributed by atoms with E-state index in [0.29, 0.717) is 5.82 Å². The maximum absolute atomic E-state index is 13.0. The van der Waals surface area contributed by atoms with Crippen molar-refractivity contribution in [3.63, 3.8) is 0 Å². The molecule has 0 bridgehead atoms. The third kappa shape index (κ3) is 2.04. The molecule has 2 aliphatic heterocycles. The molecule has 27 heavy (non-hydrogen) atoms. The molecule has 1 aromatic heterocycles. The van der Waals surface area contributed by atoms with Crippen LogP contribution in [0.3, 0.4) is 0 Å². The van der Waals surface area contributed by atoms with Gasteiger partial charge in [0.05, 0.1) is 11.9 Å². The molecule has 0 fully saturated rings. The Hall–Kier alpha value is -3.41. The van der Waals surface area contributed by atoms with Crippen LogP contribution >= 0.6 is 0 Å². The molecule has 3 heterocycles. The monoisotopic (exact) mass is 358 g/mol. The fourth-order valence-corrected chi connectivity index (χ4v) is 4.10. The maximum atomic E-state index is 13.0. The minimum absolute atomic E-state index is 0.0709. The summed E-state index contributed by atoms with van der Waals surface area (Å²) in [5.74, 6) is 0.181. The molecule has 0 unspecified atom stereocenters. The number of anilines is 2. The van der Waals surface area contributed by atoms with Gasteiger partial charge in [-0.1, -0.05) is 24.3 Å². The number of carbonyl (C=O) groups excluding carboxylic acids is 2. The minimum atomic E-state index is -1.04. The number of para-hydroxylation sites is 1. The highest BCUT2D eigenvalue weighted by molar-refractivity contribution is 6.14. The van der Waals surface area contributed by atoms with Crippen LogP contribution in [0.5, 0.6) is 0 Å². The summed E-state index contributed by atoms with van der Waals surface area (Å²) < 4.78 is 1.70. The van der Waals surface area contributed by atoms with E-state index in [4.69, 9.17) is 0 Å². The van der Waals surface area contributed by atoms with Gasteiger partial charge in [-0.2, -0.15) is 5.10 Å². The fourth-order valence-electron chi connectivity index (χ4n) is 4.10. The van der Waals surface area contributed by atoms with E-state index in [1.54, 1.807) is 10.9 Å². The Bertz CT molecular complexity index is 1130. The summed E-state index contributed by atoms with van der Waals surface area (Å²) in [7, 11) is 0. The molecular weight excluding hydrogens is 340 g/mol. The predicted molar refractivity (Wildman–Crippen MR) is 102 cm³/mol. The van der Waals surface area contributed by atoms with Gasteiger partial charge in [0.1, 0.15) is 11.2 Å². The van der Waals surface area contributed by atoms with Crippen LogP contribution in [0, 0.1) is 13.8 Å². The van der Waals surface area contributed by atoms with E-state index in [0.717, 1.165) is 28.1 Å². The van der Waals surface area contributed by atoms with E-state index in [2.05, 4.69) is 15.7 Å². The third-order valence-electron chi connectivity index (χ3n) is 5.67. The van der Waals surface area contributed by atoms with Gasteiger partial charge in [0.2, 0.25) is 11.8 Å². The van der Waals surface area contributed by atoms with E-state index in [1.165, 1.54) is 5.56 Å². The number of carbonyl (C=O) groups is 2. The molecule has 2 N–H and O–H groups in total. The van der Waals surface area contributed by atoms with Crippen molar-refractivity contribution >= 4 is 23.3 Å². The summed E-state index contributed by atoms with van der Waals surface area (Å²) in [4.78, 5) is 25.6. The molecule has 1 spiro atoms. The van der Waals surface area contributed by atoms with Crippen LogP contribution in [-0.4, -0.2) is 21.6 Å². The van der Waals surface area contributed by atoms with Crippen molar-refractivity contribution in [3.05, 3.63) is 70.9 Å². The van der Waals surface area contributed by atoms with Crippen molar-refractivity contribution in [3.8, 4) is 5.69 Å². The van der Waals surface area contributed by atoms with Crippen LogP contribution in [0.25, 0.3) is 5.69 Å². The lowest BCUT2D eigenvalue weighted by Gasteiger charge is -2.31. The SMILES string of the molecule is Cc1ccc(-n2ncc3c2NC(=O)C[C@@]32C(=O)Nc3ccccc32)cc1C. The van der Waals surface area contributed by atoms with Crippen LogP contribution in [-0.2, 0) is 15.0 Å². The standard InChI is InChI=1S/C21H18N4O2/c1-12-7-8-14(9-13(12)2)25-19-16(11-22-25)21(10-18(26)24-19)15-5-3-4-6-17(15)23-20(21)27/h3-9,11H,10H2,1-2H3,(H,23,27)(H,24,26)/t21-/m0/s1. The Morgan fingerprint density at radius 1 is 1.00 bits per heavy atom. The first kappa shape index (κ1) is 15.8. The van der Waals surface area contributed by atoms with Crippen molar-refractivity contribution in [1.29, 1.82) is 0 Å². The van der Waals surface area contributed by atoms with E-state index < -0.39 is 5.41 Å². The van der Waals surface area contributed by atoms with Crippen molar-refractivity contribution in [2.24, 2.45) is 0 Å². The molecule has 0 saturated carbocycles. The lowest BCUT2D eigenvalue weighted by atomic mass is 9.72. The highest BCUT2D eigenvalue weighted by Gasteiger charge is 2.54. The smallest absolute Gasteiger partial charge is 0.240 e. The maximum Gasteiger partial charge on any atom is 0.240 e. The molecule has 3 aromatic rings. The zero-order valence-corrected chi connectivity index (χ0v) is 15.0. The van der Waals surface area contributed by atoms with Crippen molar-refractivity contribution in [2.45, 2.75) is 25.7 Å². The second-order valence-electron chi connectivity index (χ2n) is 7.22. The molecular formula is C21H18N4O2. The van der Waals surface area contributed by atoms with E-state index >= 15 is 0 Å². The van der Waals surface area contributed by atoms with Crippen LogP contribution in [0.4, 0.5) is 11.5 Å². The molecule has 2 aliphatic rings. The molecule has 6 nitrogen and oxygen atoms in total. The third-order valence-corrected chi connectivity index (χ3v) is 5.67. The Morgan fingerprint density at radius 3 is 2.63 bits per heavy atom. The second kappa shape index (κ2) is 5.30. The zero-order chi connectivity index (χ0) is 18.8. The number of aromatic nitrogens is 2. The first-order chi connectivity index (χ1) is 13.0. The van der Waals surface area contributed by atoms with Crippen LogP contribution in [0.2, 0.25) is 0 Å². The molecule has 5 rings (SSSR count). The zero-order valence-electron chi connectivity index (χ0n) is 15.0. The fraction of sp³-hybridized carbons (Fsp3) is 0.190. The number of aryl methyl sites for hydroxylation is 2. The van der Waals surface area contributed by atoms with Gasteiger partial charge in [-0.3, -0.25) is 9.59 Å². The minimum Gasteiger partial charge on any atom is -0.325 e. The number of nitrogens with zero attached hydrogens (tertiary/aromatic N) is 2. The Balaban J connectivity index is 1.75. The van der Waals surface area contributed by atoms with Crippen molar-refractivity contribution in [1.82, 2.24) is 9.78 Å². The molecule has 0 radical (unpaired) electrons. The molecule has 0 aliphatic carbocycles. The summed E-state index contributed by atoms with van der Waals surface area (Å²) in [6, 6.07) is 13.5. The number of benzene rings is 2. The Morgan fingerprint density at radius 2 is 1.81 bits per heavy atom. The summed E-state index contributed by atoms with van der Waals surface area (Å²) in [5.41, 5.74) is 4.44. The molecule has 2 amide bonds. The number of nitrogens with one attached hydrogen (secondary N) is 2. The number of hydrogen-bond acceptors (Lipinski definition) is 3. The average Bonchev–Trinajstić information content (AvgIpc) is 3.18. The quantitative estimate of drug-likeness (QED) is 0.702. The van der Waals surface area contributed by atoms with Gasteiger partial charge in [0.15, 0.2) is 0 Å². The summed E-state index contributed by atoms with van der Waals surface area (Å²) >= 11 is 0. The summed E-state index contributed by atoms with van der Waals surface area (Å²) in [6.45, 7) is 4.09. The summed E-state index contributed by atoms with van der Waals surface area (Å²) in [5, 5.41) is 10.4. The van der Waals surface area contributed by atoms with Gasteiger partial charge < -0.3 is 10.6 Å². The molecule has 6 heteroatoms. The first-order valence-electron chi connectivity index (χ1n) is 8.87. The van der Waals surface area contributed by atoms with Crippen LogP contribution in [0.15, 0.2) is 48.7 Å². The van der Waals surface area contributed by atoms with E-state index in [-0.39, 0.29) is 18.2 Å². The molecule has 1 atom stereocenters. The summed E-state index contributed by atoms with van der Waals surface area (Å²) in [6.07, 6.45) is 1.77. The average molecular weight is 358 g/mol. The van der Waals surface area contributed by atoms with Gasteiger partial charge in [-0.05, 0) is 48.7 Å². The van der Waals surface area contributed by atoms with Gasteiger partial charge >= 0.3 is 0 Å². The van der Waals surface area contributed by atoms with Crippen LogP contribution in [0.1, 0.15) is 28.7 Å². The topological polar surface area (TPSA) is 76.0 Å². The first-order valence-corrected chi connectivity index (χ1v) is 8.87. The molecule has 0 saturated heterocycles. The highest BCUT2D eigenvalue weighted by atomic mass is 16.2. The predicted octanol–water partition coefficient (Wildman–Crippen LogP) is 3.07. The van der Waals surface area contributed by atoms with Gasteiger partial charge in [-0.15, -0.1) is 0 Å². The van der Waals surface area contributed by atoms with Crippen molar-refractivity contribution in [2.75, 3.05) is 10.6 Å². The van der Waals surface area contributed by atoms with E-state index in [1.807, 2.05) is 56.3 Å². The second-order valence-corrected chi connectivity index (χ2v) is 7.22. The largest absolute Gasteiger partial charge is 0.325 e. The lowest BCUT2D eigenvalue weighted by Crippen LogP contribution is -2.43. The molecule has 2 aromatic carbocycles. The van der Waals surface area contributed by atoms with E-state index in [9.17, 15) is 9.59 Å². The normalized spacial score (nSPS) is 20.2. The van der Waals surface area contributed by atoms with Gasteiger partial charge in [-0.25, -0.2) is 4.68 Å². The van der Waals surface area contributed by atoms with Gasteiger partial charge in [0.25, 0.3) is 0 Å². The highest BCUT2D eigenvalue weighted by Crippen LogP contribution is 2.49. The van der Waals surface area contributed by atoms with Gasteiger partial charge in [0, 0.05) is 17.7 Å². The Labute approximate surface area is 156 Å². The number of fused-ring (bicyclic) bond motifs is 4. The Kier molecular flexibility index (Phi) is 3.10. The van der Waals surface area contributed by atoms with Crippen LogP contribution < -0.4 is 10.6 Å².